The smallest absolute Gasteiger partial charge is 0.229 e. The summed E-state index contributed by atoms with van der Waals surface area (Å²) in [6.45, 7) is 5.19. The minimum absolute atomic E-state index is 0.00569. The number of amides is 1. The number of carbonyl (C=O) groups excluding carboxylic acids is 1. The van der Waals surface area contributed by atoms with E-state index in [2.05, 4.69) is 38.0 Å². The van der Waals surface area contributed by atoms with Crippen molar-refractivity contribution in [3.8, 4) is 6.07 Å². The number of thioether (sulfide) groups is 1. The zero-order valence-electron chi connectivity index (χ0n) is 14.1. The van der Waals surface area contributed by atoms with Gasteiger partial charge in [-0.3, -0.25) is 4.79 Å². The molecule has 26 heavy (non-hydrogen) atoms. The molecule has 0 bridgehead atoms. The lowest BCUT2D eigenvalue weighted by atomic mass is 9.96. The van der Waals surface area contributed by atoms with Crippen LogP contribution in [0.25, 0.3) is 0 Å². The van der Waals surface area contributed by atoms with Crippen LogP contribution in [0, 0.1) is 17.2 Å². The minimum atomic E-state index is -0.0437. The Hall–Kier alpha value is -2.44. The van der Waals surface area contributed by atoms with Gasteiger partial charge in [-0.2, -0.15) is 5.26 Å². The topological polar surface area (TPSA) is 94.8 Å². The fraction of sp³-hybridized carbons (Fsp3) is 0.353. The van der Waals surface area contributed by atoms with Gasteiger partial charge in [0.1, 0.15) is 11.9 Å². The standard InChI is InChI=1S/C17H18N6OS2/c1-2-9-25-17-22-21-16(26-17)20-15(24)13-5-7-23(8-6-13)14-4-3-12(10-18)11-19-14/h2-4,11,13H,1,5-9H2,(H,20,21,24). The molecule has 3 heterocycles. The largest absolute Gasteiger partial charge is 0.357 e. The van der Waals surface area contributed by atoms with E-state index >= 15 is 0 Å². The number of nitrogens with one attached hydrogen (secondary N) is 1. The summed E-state index contributed by atoms with van der Waals surface area (Å²) >= 11 is 2.93. The number of carbonyl (C=O) groups is 1. The van der Waals surface area contributed by atoms with Crippen LogP contribution < -0.4 is 10.2 Å². The monoisotopic (exact) mass is 386 g/mol. The highest BCUT2D eigenvalue weighted by atomic mass is 32.2. The molecule has 0 spiro atoms. The summed E-state index contributed by atoms with van der Waals surface area (Å²) in [5, 5.41) is 20.3. The van der Waals surface area contributed by atoms with Crippen LogP contribution in [0.5, 0.6) is 0 Å². The summed E-state index contributed by atoms with van der Waals surface area (Å²) in [6, 6.07) is 5.68. The van der Waals surface area contributed by atoms with Crippen LogP contribution >= 0.6 is 23.1 Å². The van der Waals surface area contributed by atoms with Crippen molar-refractivity contribution in [1.29, 1.82) is 5.26 Å². The Morgan fingerprint density at radius 1 is 1.46 bits per heavy atom. The van der Waals surface area contributed by atoms with Gasteiger partial charge in [-0.05, 0) is 25.0 Å². The second-order valence-corrected chi connectivity index (χ2v) is 7.98. The normalized spacial score (nSPS) is 14.7. The molecule has 0 saturated carbocycles. The highest BCUT2D eigenvalue weighted by Gasteiger charge is 2.26. The molecule has 2 aromatic rings. The fourth-order valence-corrected chi connectivity index (χ4v) is 4.18. The number of rotatable bonds is 6. The van der Waals surface area contributed by atoms with Gasteiger partial charge >= 0.3 is 0 Å². The second kappa shape index (κ2) is 8.78. The van der Waals surface area contributed by atoms with Crippen molar-refractivity contribution < 1.29 is 4.79 Å². The Morgan fingerprint density at radius 2 is 2.27 bits per heavy atom. The minimum Gasteiger partial charge on any atom is -0.357 e. The summed E-state index contributed by atoms with van der Waals surface area (Å²) in [4.78, 5) is 18.9. The van der Waals surface area contributed by atoms with E-state index in [4.69, 9.17) is 5.26 Å². The van der Waals surface area contributed by atoms with Crippen LogP contribution in [0.2, 0.25) is 0 Å². The Balaban J connectivity index is 1.50. The molecule has 1 saturated heterocycles. The van der Waals surface area contributed by atoms with Gasteiger partial charge in [0.15, 0.2) is 4.34 Å². The maximum Gasteiger partial charge on any atom is 0.229 e. The van der Waals surface area contributed by atoms with Crippen LogP contribution in [0.15, 0.2) is 35.3 Å². The van der Waals surface area contributed by atoms with Crippen LogP contribution in [0.4, 0.5) is 10.9 Å². The number of hydrogen-bond donors (Lipinski definition) is 1. The molecule has 0 unspecified atom stereocenters. The lowest BCUT2D eigenvalue weighted by molar-refractivity contribution is -0.120. The Labute approximate surface area is 160 Å². The molecular weight excluding hydrogens is 368 g/mol. The van der Waals surface area contributed by atoms with E-state index in [1.54, 1.807) is 30.1 Å². The molecule has 1 N–H and O–H groups in total. The molecule has 1 amide bonds. The van der Waals surface area contributed by atoms with E-state index in [-0.39, 0.29) is 11.8 Å². The number of anilines is 2. The third-order valence-corrected chi connectivity index (χ3v) is 6.00. The van der Waals surface area contributed by atoms with E-state index in [1.807, 2.05) is 6.07 Å². The third kappa shape index (κ3) is 4.59. The Kier molecular flexibility index (Phi) is 6.20. The van der Waals surface area contributed by atoms with Gasteiger partial charge in [0.25, 0.3) is 0 Å². The average molecular weight is 387 g/mol. The van der Waals surface area contributed by atoms with E-state index in [0.29, 0.717) is 10.7 Å². The number of pyridine rings is 1. The molecule has 134 valence electrons. The highest BCUT2D eigenvalue weighted by Crippen LogP contribution is 2.27. The molecule has 0 aliphatic carbocycles. The van der Waals surface area contributed by atoms with Gasteiger partial charge in [0, 0.05) is 31.0 Å². The van der Waals surface area contributed by atoms with Crippen LogP contribution in [-0.2, 0) is 4.79 Å². The average Bonchev–Trinajstić information content (AvgIpc) is 3.13. The zero-order valence-corrected chi connectivity index (χ0v) is 15.7. The quantitative estimate of drug-likeness (QED) is 0.463. The maximum atomic E-state index is 12.5. The highest BCUT2D eigenvalue weighted by molar-refractivity contribution is 8.01. The molecule has 1 aliphatic heterocycles. The van der Waals surface area contributed by atoms with Gasteiger partial charge in [0.05, 0.1) is 5.56 Å². The second-order valence-electron chi connectivity index (χ2n) is 5.74. The number of nitrogens with zero attached hydrogens (tertiary/aromatic N) is 5. The van der Waals surface area contributed by atoms with E-state index < -0.39 is 0 Å². The summed E-state index contributed by atoms with van der Waals surface area (Å²) in [5.74, 6) is 1.56. The molecule has 1 aliphatic rings. The molecule has 0 radical (unpaired) electrons. The van der Waals surface area contributed by atoms with E-state index in [0.717, 1.165) is 41.8 Å². The lowest BCUT2D eigenvalue weighted by Crippen LogP contribution is -2.38. The molecule has 1 fully saturated rings. The van der Waals surface area contributed by atoms with Crippen molar-refractivity contribution in [1.82, 2.24) is 15.2 Å². The predicted molar refractivity (Wildman–Crippen MR) is 103 cm³/mol. The number of nitriles is 1. The fourth-order valence-electron chi connectivity index (χ4n) is 2.67. The number of piperidine rings is 1. The molecule has 0 aromatic carbocycles. The maximum absolute atomic E-state index is 12.5. The molecule has 2 aromatic heterocycles. The van der Waals surface area contributed by atoms with Gasteiger partial charge in [-0.25, -0.2) is 4.98 Å². The van der Waals surface area contributed by atoms with Crippen LogP contribution in [0.1, 0.15) is 18.4 Å². The zero-order chi connectivity index (χ0) is 18.4. The molecular formula is C17H18N6OS2. The lowest BCUT2D eigenvalue weighted by Gasteiger charge is -2.31. The van der Waals surface area contributed by atoms with Gasteiger partial charge in [-0.1, -0.05) is 29.2 Å². The van der Waals surface area contributed by atoms with Crippen molar-refractivity contribution in [3.63, 3.8) is 0 Å². The first-order valence-electron chi connectivity index (χ1n) is 8.18. The number of hydrogen-bond acceptors (Lipinski definition) is 8. The van der Waals surface area contributed by atoms with E-state index in [1.165, 1.54) is 11.3 Å². The van der Waals surface area contributed by atoms with Gasteiger partial charge < -0.3 is 10.2 Å². The molecule has 0 atom stereocenters. The van der Waals surface area contributed by atoms with Crippen molar-refractivity contribution in [3.05, 3.63) is 36.5 Å². The first-order chi connectivity index (χ1) is 12.7. The molecule has 7 nitrogen and oxygen atoms in total. The SMILES string of the molecule is C=CCSc1nnc(NC(=O)C2CCN(c3ccc(C#N)cn3)CC2)s1. The molecule has 9 heteroatoms. The van der Waals surface area contributed by atoms with E-state index in [9.17, 15) is 4.79 Å². The Morgan fingerprint density at radius 3 is 2.92 bits per heavy atom. The van der Waals surface area contributed by atoms with Crippen LogP contribution in [-0.4, -0.2) is 39.9 Å². The summed E-state index contributed by atoms with van der Waals surface area (Å²) in [6.07, 6.45) is 4.89. The van der Waals surface area contributed by atoms with Gasteiger partial charge in [-0.15, -0.1) is 16.8 Å². The predicted octanol–water partition coefficient (Wildman–Crippen LogP) is 2.94. The van der Waals surface area contributed by atoms with Crippen molar-refractivity contribution in [2.75, 3.05) is 29.1 Å². The first kappa shape index (κ1) is 18.4. The number of aromatic nitrogens is 3. The first-order valence-corrected chi connectivity index (χ1v) is 9.99. The van der Waals surface area contributed by atoms with Crippen molar-refractivity contribution in [2.24, 2.45) is 5.92 Å². The molecule has 3 rings (SSSR count). The summed E-state index contributed by atoms with van der Waals surface area (Å²) < 4.78 is 0.821. The summed E-state index contributed by atoms with van der Waals surface area (Å²) in [7, 11) is 0. The summed E-state index contributed by atoms with van der Waals surface area (Å²) in [5.41, 5.74) is 0.547. The Bertz CT molecular complexity index is 805. The third-order valence-electron chi connectivity index (χ3n) is 4.03. The van der Waals surface area contributed by atoms with Crippen molar-refractivity contribution >= 4 is 40.0 Å². The van der Waals surface area contributed by atoms with Crippen molar-refractivity contribution in [2.45, 2.75) is 17.2 Å². The van der Waals surface area contributed by atoms with Crippen LogP contribution in [0.3, 0.4) is 0 Å². The van der Waals surface area contributed by atoms with Gasteiger partial charge in [0.2, 0.25) is 11.0 Å².